The van der Waals surface area contributed by atoms with Gasteiger partial charge < -0.3 is 10.2 Å². The Kier molecular flexibility index (Phi) is 6.08. The van der Waals surface area contributed by atoms with Crippen molar-refractivity contribution >= 4 is 28.5 Å². The second-order valence-electron chi connectivity index (χ2n) is 9.62. The van der Waals surface area contributed by atoms with E-state index in [2.05, 4.69) is 89.0 Å². The van der Waals surface area contributed by atoms with Gasteiger partial charge in [0.2, 0.25) is 5.95 Å². The molecule has 3 heterocycles. The molecule has 3 aromatic carbocycles. The molecule has 0 saturated carbocycles. The lowest BCUT2D eigenvalue weighted by Crippen LogP contribution is -2.35. The van der Waals surface area contributed by atoms with Gasteiger partial charge in [-0.3, -0.25) is 0 Å². The van der Waals surface area contributed by atoms with Crippen molar-refractivity contribution in [1.29, 1.82) is 0 Å². The first-order chi connectivity index (χ1) is 17.7. The van der Waals surface area contributed by atoms with E-state index in [0.29, 0.717) is 5.92 Å². The highest BCUT2D eigenvalue weighted by Gasteiger charge is 2.23. The second-order valence-corrected chi connectivity index (χ2v) is 9.62. The molecule has 0 bridgehead atoms. The number of rotatable bonds is 6. The van der Waals surface area contributed by atoms with Gasteiger partial charge in [-0.2, -0.15) is 15.1 Å². The lowest BCUT2D eigenvalue weighted by Gasteiger charge is -2.32. The number of piperidine rings is 1. The van der Waals surface area contributed by atoms with Crippen molar-refractivity contribution in [2.75, 3.05) is 23.3 Å². The first-order valence-electron chi connectivity index (χ1n) is 12.7. The van der Waals surface area contributed by atoms with E-state index in [1.165, 1.54) is 11.1 Å². The average molecular weight is 475 g/mol. The van der Waals surface area contributed by atoms with Crippen LogP contribution in [0, 0.1) is 12.8 Å². The molecule has 6 nitrogen and oxygen atoms in total. The molecular formula is C30H30N6. The quantitative estimate of drug-likeness (QED) is 0.312. The zero-order chi connectivity index (χ0) is 24.3. The molecule has 0 unspecified atom stereocenters. The number of fused-ring (bicyclic) bond motifs is 1. The Labute approximate surface area is 211 Å². The van der Waals surface area contributed by atoms with Crippen molar-refractivity contribution in [3.63, 3.8) is 0 Å². The molecule has 0 spiro atoms. The van der Waals surface area contributed by atoms with Crippen LogP contribution in [-0.4, -0.2) is 32.8 Å². The van der Waals surface area contributed by atoms with Gasteiger partial charge in [0.25, 0.3) is 0 Å². The summed E-state index contributed by atoms with van der Waals surface area (Å²) < 4.78 is 1.91. The molecule has 180 valence electrons. The van der Waals surface area contributed by atoms with E-state index in [-0.39, 0.29) is 0 Å². The van der Waals surface area contributed by atoms with Crippen LogP contribution < -0.4 is 10.2 Å². The molecule has 5 aromatic rings. The molecule has 6 heteroatoms. The molecule has 0 atom stereocenters. The van der Waals surface area contributed by atoms with Gasteiger partial charge in [-0.05, 0) is 67.5 Å². The van der Waals surface area contributed by atoms with Crippen LogP contribution in [0.15, 0.2) is 91.1 Å². The molecule has 1 N–H and O–H groups in total. The van der Waals surface area contributed by atoms with Crippen LogP contribution in [-0.2, 0) is 6.42 Å². The van der Waals surface area contributed by atoms with Gasteiger partial charge in [-0.15, -0.1) is 0 Å². The van der Waals surface area contributed by atoms with Crippen molar-refractivity contribution in [1.82, 2.24) is 19.7 Å². The zero-order valence-corrected chi connectivity index (χ0v) is 20.5. The highest BCUT2D eigenvalue weighted by atomic mass is 15.3. The van der Waals surface area contributed by atoms with Crippen LogP contribution in [0.1, 0.15) is 24.0 Å². The molecule has 2 aromatic heterocycles. The summed E-state index contributed by atoms with van der Waals surface area (Å²) in [5.41, 5.74) is 5.43. The molecule has 1 fully saturated rings. The van der Waals surface area contributed by atoms with Crippen molar-refractivity contribution in [3.05, 3.63) is 102 Å². The van der Waals surface area contributed by atoms with Crippen molar-refractivity contribution < 1.29 is 0 Å². The summed E-state index contributed by atoms with van der Waals surface area (Å²) in [6.07, 6.45) is 5.26. The topological polar surface area (TPSA) is 58.9 Å². The molecule has 0 amide bonds. The normalized spacial score (nSPS) is 14.3. The smallest absolute Gasteiger partial charge is 0.229 e. The first kappa shape index (κ1) is 22.3. The van der Waals surface area contributed by atoms with E-state index < -0.39 is 0 Å². The van der Waals surface area contributed by atoms with Gasteiger partial charge in [0.1, 0.15) is 5.82 Å². The van der Waals surface area contributed by atoms with Crippen molar-refractivity contribution in [3.8, 4) is 5.69 Å². The van der Waals surface area contributed by atoms with Gasteiger partial charge >= 0.3 is 0 Å². The van der Waals surface area contributed by atoms with E-state index in [1.54, 1.807) is 0 Å². The molecule has 1 aliphatic rings. The Morgan fingerprint density at radius 3 is 2.36 bits per heavy atom. The maximum Gasteiger partial charge on any atom is 0.229 e. The van der Waals surface area contributed by atoms with E-state index in [1.807, 2.05) is 29.1 Å². The lowest BCUT2D eigenvalue weighted by molar-refractivity contribution is 0.401. The van der Waals surface area contributed by atoms with Crippen LogP contribution in [0.2, 0.25) is 0 Å². The highest BCUT2D eigenvalue weighted by Crippen LogP contribution is 2.30. The number of aryl methyl sites for hydroxylation is 1. The minimum Gasteiger partial charge on any atom is -0.341 e. The van der Waals surface area contributed by atoms with E-state index in [4.69, 9.17) is 9.97 Å². The van der Waals surface area contributed by atoms with Gasteiger partial charge in [-0.1, -0.05) is 60.7 Å². The third-order valence-electron chi connectivity index (χ3n) is 6.96. The largest absolute Gasteiger partial charge is 0.341 e. The molecule has 0 aliphatic carbocycles. The minimum absolute atomic E-state index is 0.687. The minimum atomic E-state index is 0.687. The summed E-state index contributed by atoms with van der Waals surface area (Å²) in [6, 6.07) is 29.3. The fourth-order valence-corrected chi connectivity index (χ4v) is 5.04. The number of anilines is 3. The number of hydrogen-bond acceptors (Lipinski definition) is 5. The summed E-state index contributed by atoms with van der Waals surface area (Å²) in [5, 5.41) is 9.13. The van der Waals surface area contributed by atoms with Crippen LogP contribution in [0.25, 0.3) is 16.7 Å². The first-order valence-corrected chi connectivity index (χ1v) is 12.7. The summed E-state index contributed by atoms with van der Waals surface area (Å²) in [6.45, 7) is 4.00. The fourth-order valence-electron chi connectivity index (χ4n) is 5.04. The van der Waals surface area contributed by atoms with Crippen LogP contribution >= 0.6 is 0 Å². The number of nitrogens with zero attached hydrogens (tertiary/aromatic N) is 5. The number of benzene rings is 3. The van der Waals surface area contributed by atoms with Gasteiger partial charge in [0.05, 0.1) is 17.3 Å². The summed E-state index contributed by atoms with van der Waals surface area (Å²) in [4.78, 5) is 12.4. The Balaban J connectivity index is 1.32. The Morgan fingerprint density at radius 1 is 0.861 bits per heavy atom. The van der Waals surface area contributed by atoms with Crippen molar-refractivity contribution in [2.45, 2.75) is 26.2 Å². The predicted octanol–water partition coefficient (Wildman–Crippen LogP) is 6.33. The summed E-state index contributed by atoms with van der Waals surface area (Å²) >= 11 is 0. The van der Waals surface area contributed by atoms with Crippen LogP contribution in [0.4, 0.5) is 17.5 Å². The molecule has 36 heavy (non-hydrogen) atoms. The number of aromatic nitrogens is 4. The molecule has 6 rings (SSSR count). The SMILES string of the molecule is Cc1cccc(Nc2nc(N3CCC(Cc4ccccc4)CC3)nc3c2cnn3-c2ccccc2)c1. The number of hydrogen-bond donors (Lipinski definition) is 1. The lowest BCUT2D eigenvalue weighted by atomic mass is 9.90. The van der Waals surface area contributed by atoms with Crippen LogP contribution in [0.5, 0.6) is 0 Å². The zero-order valence-electron chi connectivity index (χ0n) is 20.5. The standard InChI is InChI=1S/C30H30N6/c1-22-9-8-12-25(19-22)32-28-27-21-31-36(26-13-6-3-7-14-26)29(27)34-30(33-28)35-17-15-24(16-18-35)20-23-10-4-2-5-11-23/h2-14,19,21,24H,15-18,20H2,1H3,(H,32,33,34). The van der Waals surface area contributed by atoms with Gasteiger partial charge in [0, 0.05) is 18.8 Å². The monoisotopic (exact) mass is 474 g/mol. The molecule has 0 radical (unpaired) electrons. The number of nitrogens with one attached hydrogen (secondary N) is 1. The van der Waals surface area contributed by atoms with E-state index >= 15 is 0 Å². The van der Waals surface area contributed by atoms with E-state index in [9.17, 15) is 0 Å². The van der Waals surface area contributed by atoms with Crippen LogP contribution in [0.3, 0.4) is 0 Å². The Morgan fingerprint density at radius 2 is 1.61 bits per heavy atom. The molecular weight excluding hydrogens is 444 g/mol. The van der Waals surface area contributed by atoms with Gasteiger partial charge in [0.15, 0.2) is 5.65 Å². The van der Waals surface area contributed by atoms with Gasteiger partial charge in [-0.25, -0.2) is 4.68 Å². The maximum absolute atomic E-state index is 5.04. The Bertz CT molecular complexity index is 1450. The highest BCUT2D eigenvalue weighted by molar-refractivity contribution is 5.90. The third-order valence-corrected chi connectivity index (χ3v) is 6.96. The van der Waals surface area contributed by atoms with Crippen molar-refractivity contribution in [2.24, 2.45) is 5.92 Å². The summed E-state index contributed by atoms with van der Waals surface area (Å²) in [7, 11) is 0. The average Bonchev–Trinajstić information content (AvgIpc) is 3.35. The van der Waals surface area contributed by atoms with E-state index in [0.717, 1.165) is 66.5 Å². The maximum atomic E-state index is 5.04. The number of para-hydroxylation sites is 1. The molecule has 1 aliphatic heterocycles. The second kappa shape index (κ2) is 9.82. The third kappa shape index (κ3) is 4.67. The molecule has 1 saturated heterocycles. The Hall–Kier alpha value is -4.19. The fraction of sp³-hybridized carbons (Fsp3) is 0.233. The predicted molar refractivity (Wildman–Crippen MR) is 146 cm³/mol. The summed E-state index contributed by atoms with van der Waals surface area (Å²) in [5.74, 6) is 2.23.